The van der Waals surface area contributed by atoms with E-state index in [1.807, 2.05) is 30.3 Å². The van der Waals surface area contributed by atoms with Crippen LogP contribution in [0.4, 0.5) is 0 Å². The summed E-state index contributed by atoms with van der Waals surface area (Å²) < 4.78 is 5.56. The molecule has 0 spiro atoms. The highest BCUT2D eigenvalue weighted by Crippen LogP contribution is 2.26. The van der Waals surface area contributed by atoms with Crippen LogP contribution < -0.4 is 0 Å². The fourth-order valence-corrected chi connectivity index (χ4v) is 1.75. The minimum Gasteiger partial charge on any atom is -0.457 e. The molecule has 1 aromatic rings. The second kappa shape index (κ2) is 7.10. The van der Waals surface area contributed by atoms with Crippen LogP contribution >= 0.6 is 0 Å². The van der Waals surface area contributed by atoms with Gasteiger partial charge in [-0.1, -0.05) is 57.5 Å². The lowest BCUT2D eigenvalue weighted by atomic mass is 9.99. The number of rotatable bonds is 6. The van der Waals surface area contributed by atoms with Gasteiger partial charge in [0.05, 0.1) is 0 Å². The van der Waals surface area contributed by atoms with Gasteiger partial charge in [-0.25, -0.2) is 0 Å². The zero-order valence-electron chi connectivity index (χ0n) is 11.0. The molecule has 0 fully saturated rings. The molecule has 0 aliphatic rings. The minimum atomic E-state index is -0.124. The van der Waals surface area contributed by atoms with Crippen molar-refractivity contribution in [3.63, 3.8) is 0 Å². The summed E-state index contributed by atoms with van der Waals surface area (Å²) in [7, 11) is 0. The number of benzene rings is 1. The lowest BCUT2D eigenvalue weighted by Crippen LogP contribution is -2.16. The van der Waals surface area contributed by atoms with Gasteiger partial charge in [-0.15, -0.1) is 0 Å². The zero-order valence-corrected chi connectivity index (χ0v) is 11.0. The van der Waals surface area contributed by atoms with E-state index in [9.17, 15) is 4.79 Å². The molecule has 2 heteroatoms. The van der Waals surface area contributed by atoms with E-state index in [-0.39, 0.29) is 12.1 Å². The molecule has 1 unspecified atom stereocenters. The number of hydrogen-bond donors (Lipinski definition) is 0. The van der Waals surface area contributed by atoms with Gasteiger partial charge in [0.2, 0.25) is 0 Å². The molecular formula is C15H22O2. The number of ether oxygens (including phenoxy) is 1. The fraction of sp³-hybridized carbons (Fsp3) is 0.533. The lowest BCUT2D eigenvalue weighted by molar-refractivity contribution is -0.152. The van der Waals surface area contributed by atoms with E-state index in [2.05, 4.69) is 20.8 Å². The summed E-state index contributed by atoms with van der Waals surface area (Å²) in [6, 6.07) is 9.95. The lowest BCUT2D eigenvalue weighted by Gasteiger charge is -2.21. The van der Waals surface area contributed by atoms with Crippen molar-refractivity contribution in [2.75, 3.05) is 0 Å². The number of esters is 1. The van der Waals surface area contributed by atoms with Gasteiger partial charge in [0.25, 0.3) is 0 Å². The van der Waals surface area contributed by atoms with Crippen molar-refractivity contribution in [3.8, 4) is 0 Å². The van der Waals surface area contributed by atoms with Crippen LogP contribution in [0.25, 0.3) is 0 Å². The molecule has 2 nitrogen and oxygen atoms in total. The predicted octanol–water partition coefficient (Wildman–Crippen LogP) is 4.12. The van der Waals surface area contributed by atoms with Crippen LogP contribution in [0.15, 0.2) is 30.3 Å². The molecule has 0 amide bonds. The summed E-state index contributed by atoms with van der Waals surface area (Å²) in [6.07, 6.45) is 2.32. The number of unbranched alkanes of at least 4 members (excludes halogenated alkanes) is 1. The van der Waals surface area contributed by atoms with Gasteiger partial charge in [-0.2, -0.15) is 0 Å². The maximum absolute atomic E-state index is 11.7. The predicted molar refractivity (Wildman–Crippen MR) is 69.6 cm³/mol. The molecule has 0 radical (unpaired) electrons. The highest BCUT2D eigenvalue weighted by Gasteiger charge is 2.19. The molecular weight excluding hydrogens is 212 g/mol. The summed E-state index contributed by atoms with van der Waals surface area (Å²) in [5, 5.41) is 0. The first-order valence-electron chi connectivity index (χ1n) is 6.39. The Morgan fingerprint density at radius 3 is 2.41 bits per heavy atom. The molecule has 0 aromatic heterocycles. The van der Waals surface area contributed by atoms with Crippen molar-refractivity contribution in [3.05, 3.63) is 35.9 Å². The van der Waals surface area contributed by atoms with Crippen LogP contribution in [0, 0.1) is 5.92 Å². The van der Waals surface area contributed by atoms with Crippen molar-refractivity contribution < 1.29 is 9.53 Å². The topological polar surface area (TPSA) is 26.3 Å². The smallest absolute Gasteiger partial charge is 0.306 e. The van der Waals surface area contributed by atoms with Crippen LogP contribution in [-0.4, -0.2) is 5.97 Å². The first-order valence-corrected chi connectivity index (χ1v) is 6.39. The number of carbonyl (C=O) groups is 1. The largest absolute Gasteiger partial charge is 0.457 e. The summed E-state index contributed by atoms with van der Waals surface area (Å²) >= 11 is 0. The average Bonchev–Trinajstić information content (AvgIpc) is 2.34. The normalized spacial score (nSPS) is 12.5. The molecule has 17 heavy (non-hydrogen) atoms. The maximum Gasteiger partial charge on any atom is 0.306 e. The highest BCUT2D eigenvalue weighted by molar-refractivity contribution is 5.69. The van der Waals surface area contributed by atoms with E-state index >= 15 is 0 Å². The van der Waals surface area contributed by atoms with Crippen molar-refractivity contribution in [2.45, 2.75) is 46.1 Å². The summed E-state index contributed by atoms with van der Waals surface area (Å²) in [5.41, 5.74) is 1.08. The van der Waals surface area contributed by atoms with Gasteiger partial charge in [-0.05, 0) is 17.9 Å². The monoisotopic (exact) mass is 234 g/mol. The summed E-state index contributed by atoms with van der Waals surface area (Å²) in [5.74, 6) is 0.206. The Morgan fingerprint density at radius 2 is 1.88 bits per heavy atom. The van der Waals surface area contributed by atoms with Gasteiger partial charge >= 0.3 is 5.97 Å². The summed E-state index contributed by atoms with van der Waals surface area (Å²) in [4.78, 5) is 11.7. The van der Waals surface area contributed by atoms with Crippen LogP contribution in [0.2, 0.25) is 0 Å². The quantitative estimate of drug-likeness (QED) is 0.692. The van der Waals surface area contributed by atoms with E-state index in [0.29, 0.717) is 12.3 Å². The molecule has 94 valence electrons. The van der Waals surface area contributed by atoms with Gasteiger partial charge in [0, 0.05) is 6.42 Å². The van der Waals surface area contributed by atoms with Crippen LogP contribution in [0.3, 0.4) is 0 Å². The van der Waals surface area contributed by atoms with Crippen molar-refractivity contribution in [2.24, 2.45) is 5.92 Å². The first-order chi connectivity index (χ1) is 8.15. The Hall–Kier alpha value is -1.31. The molecule has 1 aromatic carbocycles. The molecule has 0 saturated carbocycles. The SMILES string of the molecule is CCCCC(=O)OC(c1ccccc1)C(C)C. The van der Waals surface area contributed by atoms with Gasteiger partial charge in [0.1, 0.15) is 6.10 Å². The molecule has 0 N–H and O–H groups in total. The fourth-order valence-electron chi connectivity index (χ4n) is 1.75. The van der Waals surface area contributed by atoms with Gasteiger partial charge in [-0.3, -0.25) is 4.79 Å². The molecule has 0 aliphatic heterocycles. The highest BCUT2D eigenvalue weighted by atomic mass is 16.5. The third kappa shape index (κ3) is 4.59. The van der Waals surface area contributed by atoms with Crippen molar-refractivity contribution in [1.82, 2.24) is 0 Å². The second-order valence-corrected chi connectivity index (χ2v) is 4.67. The Labute approximate surface area is 104 Å². The van der Waals surface area contributed by atoms with E-state index in [4.69, 9.17) is 4.74 Å². The van der Waals surface area contributed by atoms with E-state index in [1.54, 1.807) is 0 Å². The van der Waals surface area contributed by atoms with Crippen LogP contribution in [-0.2, 0) is 9.53 Å². The van der Waals surface area contributed by atoms with Crippen molar-refractivity contribution in [1.29, 1.82) is 0 Å². The molecule has 0 saturated heterocycles. The summed E-state index contributed by atoms with van der Waals surface area (Å²) in [6.45, 7) is 6.22. The zero-order chi connectivity index (χ0) is 12.7. The Balaban J connectivity index is 2.65. The average molecular weight is 234 g/mol. The van der Waals surface area contributed by atoms with E-state index < -0.39 is 0 Å². The van der Waals surface area contributed by atoms with Gasteiger partial charge in [0.15, 0.2) is 0 Å². The Bertz CT molecular complexity index is 330. The minimum absolute atomic E-state index is 0.0885. The molecule has 1 atom stereocenters. The van der Waals surface area contributed by atoms with Crippen molar-refractivity contribution >= 4 is 5.97 Å². The van der Waals surface area contributed by atoms with E-state index in [0.717, 1.165) is 18.4 Å². The standard InChI is InChI=1S/C15H22O2/c1-4-5-11-14(16)17-15(12(2)3)13-9-7-6-8-10-13/h6-10,12,15H,4-5,11H2,1-3H3. The molecule has 0 aliphatic carbocycles. The molecule has 0 heterocycles. The molecule has 0 bridgehead atoms. The molecule has 1 rings (SSSR count). The third-order valence-electron chi connectivity index (χ3n) is 2.73. The number of carbonyl (C=O) groups excluding carboxylic acids is 1. The van der Waals surface area contributed by atoms with E-state index in [1.165, 1.54) is 0 Å². The maximum atomic E-state index is 11.7. The second-order valence-electron chi connectivity index (χ2n) is 4.67. The number of hydrogen-bond acceptors (Lipinski definition) is 2. The Morgan fingerprint density at radius 1 is 1.24 bits per heavy atom. The van der Waals surface area contributed by atoms with Crippen LogP contribution in [0.5, 0.6) is 0 Å². The van der Waals surface area contributed by atoms with Crippen LogP contribution in [0.1, 0.15) is 51.7 Å². The Kier molecular flexibility index (Phi) is 5.75. The third-order valence-corrected chi connectivity index (χ3v) is 2.73. The first kappa shape index (κ1) is 13.8. The van der Waals surface area contributed by atoms with Gasteiger partial charge < -0.3 is 4.74 Å².